The lowest BCUT2D eigenvalue weighted by atomic mass is 10.1. The number of hydrogen-bond donors (Lipinski definition) is 2. The summed E-state index contributed by atoms with van der Waals surface area (Å²) >= 11 is 1.57. The maximum atomic E-state index is 12.2. The van der Waals surface area contributed by atoms with Gasteiger partial charge < -0.3 is 4.74 Å². The first-order chi connectivity index (χ1) is 12.2. The van der Waals surface area contributed by atoms with E-state index in [-0.39, 0.29) is 5.91 Å². The van der Waals surface area contributed by atoms with Crippen molar-refractivity contribution in [1.82, 2.24) is 15.6 Å². The first-order valence-electron chi connectivity index (χ1n) is 7.84. The van der Waals surface area contributed by atoms with Gasteiger partial charge in [-0.3, -0.25) is 9.89 Å². The van der Waals surface area contributed by atoms with Gasteiger partial charge in [0.25, 0.3) is 5.91 Å². The Morgan fingerprint density at radius 2 is 2.12 bits per heavy atom. The largest absolute Gasteiger partial charge is 0.494 e. The molecule has 2 N–H and O–H groups in total. The fraction of sp³-hybridized carbons (Fsp3) is 0.167. The number of nitrogens with zero attached hydrogens (tertiary/aromatic N) is 2. The molecule has 0 atom stereocenters. The van der Waals surface area contributed by atoms with E-state index in [2.05, 4.69) is 20.7 Å². The molecule has 0 aliphatic rings. The van der Waals surface area contributed by atoms with E-state index in [1.807, 2.05) is 55.6 Å². The lowest BCUT2D eigenvalue weighted by Gasteiger charge is -2.02. The molecule has 0 saturated carbocycles. The lowest BCUT2D eigenvalue weighted by molar-refractivity contribution is 0.0950. The molecule has 0 aliphatic carbocycles. The molecular weight excluding hydrogens is 336 g/mol. The van der Waals surface area contributed by atoms with Crippen LogP contribution in [0.25, 0.3) is 11.3 Å². The molecule has 1 amide bonds. The second-order valence-electron chi connectivity index (χ2n) is 5.24. The molecule has 0 aliphatic heterocycles. The average Bonchev–Trinajstić information content (AvgIpc) is 3.32. The highest BCUT2D eigenvalue weighted by molar-refractivity contribution is 7.12. The molecule has 0 radical (unpaired) electrons. The number of aromatic amines is 1. The van der Waals surface area contributed by atoms with Gasteiger partial charge in [-0.1, -0.05) is 6.07 Å². The van der Waals surface area contributed by atoms with Crippen molar-refractivity contribution in [1.29, 1.82) is 0 Å². The van der Waals surface area contributed by atoms with Gasteiger partial charge in [0, 0.05) is 10.4 Å². The third-order valence-corrected chi connectivity index (χ3v) is 4.47. The summed E-state index contributed by atoms with van der Waals surface area (Å²) in [5.41, 5.74) is 5.24. The smallest absolute Gasteiger partial charge is 0.289 e. The molecule has 25 heavy (non-hydrogen) atoms. The molecule has 0 spiro atoms. The summed E-state index contributed by atoms with van der Waals surface area (Å²) in [6.45, 7) is 4.41. The lowest BCUT2D eigenvalue weighted by Crippen LogP contribution is -2.19. The van der Waals surface area contributed by atoms with Crippen molar-refractivity contribution in [2.45, 2.75) is 13.8 Å². The van der Waals surface area contributed by atoms with Crippen LogP contribution >= 0.6 is 11.3 Å². The van der Waals surface area contributed by atoms with E-state index in [9.17, 15) is 4.79 Å². The average molecular weight is 354 g/mol. The Morgan fingerprint density at radius 3 is 2.80 bits per heavy atom. The van der Waals surface area contributed by atoms with Crippen molar-refractivity contribution in [2.75, 3.05) is 6.61 Å². The Balaban J connectivity index is 1.68. The molecule has 6 nitrogen and oxygen atoms in total. The Hall–Kier alpha value is -2.93. The van der Waals surface area contributed by atoms with Crippen molar-refractivity contribution in [3.05, 3.63) is 58.4 Å². The van der Waals surface area contributed by atoms with Crippen molar-refractivity contribution in [2.24, 2.45) is 5.10 Å². The van der Waals surface area contributed by atoms with E-state index < -0.39 is 0 Å². The first kappa shape index (κ1) is 16.9. The SMILES string of the molecule is CCOc1ccc(-c2cc(C(=O)N/N=C(\C)c3cccs3)[nH]n2)cc1. The van der Waals surface area contributed by atoms with Crippen LogP contribution in [0.15, 0.2) is 52.9 Å². The maximum Gasteiger partial charge on any atom is 0.289 e. The minimum absolute atomic E-state index is 0.333. The third-order valence-electron chi connectivity index (χ3n) is 3.49. The van der Waals surface area contributed by atoms with Crippen LogP contribution in [0.3, 0.4) is 0 Å². The summed E-state index contributed by atoms with van der Waals surface area (Å²) in [7, 11) is 0. The fourth-order valence-electron chi connectivity index (χ4n) is 2.21. The molecule has 3 rings (SSSR count). The number of ether oxygens (including phenoxy) is 1. The van der Waals surface area contributed by atoms with E-state index in [1.54, 1.807) is 17.4 Å². The van der Waals surface area contributed by atoms with Crippen LogP contribution in [-0.4, -0.2) is 28.4 Å². The quantitative estimate of drug-likeness (QED) is 0.523. The minimum atomic E-state index is -0.333. The molecule has 7 heteroatoms. The van der Waals surface area contributed by atoms with Crippen LogP contribution in [0.2, 0.25) is 0 Å². The number of benzene rings is 1. The maximum absolute atomic E-state index is 12.2. The van der Waals surface area contributed by atoms with Gasteiger partial charge in [-0.15, -0.1) is 11.3 Å². The fourth-order valence-corrected chi connectivity index (χ4v) is 2.89. The van der Waals surface area contributed by atoms with Crippen molar-refractivity contribution >= 4 is 23.0 Å². The van der Waals surface area contributed by atoms with Crippen molar-refractivity contribution in [3.63, 3.8) is 0 Å². The van der Waals surface area contributed by atoms with Crippen LogP contribution in [0.4, 0.5) is 0 Å². The zero-order valence-corrected chi connectivity index (χ0v) is 14.8. The molecular formula is C18H18N4O2S. The number of carbonyl (C=O) groups is 1. The molecule has 3 aromatic rings. The van der Waals surface area contributed by atoms with Gasteiger partial charge in [-0.2, -0.15) is 10.2 Å². The Morgan fingerprint density at radius 1 is 1.32 bits per heavy atom. The van der Waals surface area contributed by atoms with E-state index in [4.69, 9.17) is 4.74 Å². The van der Waals surface area contributed by atoms with Crippen LogP contribution < -0.4 is 10.2 Å². The zero-order chi connectivity index (χ0) is 17.6. The molecule has 1 aromatic carbocycles. The summed E-state index contributed by atoms with van der Waals surface area (Å²) < 4.78 is 5.42. The van der Waals surface area contributed by atoms with E-state index >= 15 is 0 Å². The van der Waals surface area contributed by atoms with Gasteiger partial charge in [0.15, 0.2) is 0 Å². The van der Waals surface area contributed by atoms with Crippen molar-refractivity contribution in [3.8, 4) is 17.0 Å². The summed E-state index contributed by atoms with van der Waals surface area (Å²) in [4.78, 5) is 13.2. The molecule has 0 unspecified atom stereocenters. The number of rotatable bonds is 6. The van der Waals surface area contributed by atoms with Gasteiger partial charge in [-0.25, -0.2) is 5.43 Å². The monoisotopic (exact) mass is 354 g/mol. The molecule has 2 heterocycles. The van der Waals surface area contributed by atoms with Crippen LogP contribution in [0.5, 0.6) is 5.75 Å². The van der Waals surface area contributed by atoms with E-state index in [1.165, 1.54) is 0 Å². The first-order valence-corrected chi connectivity index (χ1v) is 8.72. The number of amides is 1. The predicted molar refractivity (Wildman–Crippen MR) is 99.2 cm³/mol. The standard InChI is InChI=1S/C18H18N4O2S/c1-3-24-14-8-6-13(7-9-14)15-11-16(21-20-15)18(23)22-19-12(2)17-5-4-10-25-17/h4-11H,3H2,1-2H3,(H,20,21)(H,22,23)/b19-12+. The highest BCUT2D eigenvalue weighted by Gasteiger charge is 2.11. The molecule has 0 bridgehead atoms. The molecule has 0 fully saturated rings. The number of hydrazone groups is 1. The molecule has 2 aromatic heterocycles. The van der Waals surface area contributed by atoms with Gasteiger partial charge in [0.05, 0.1) is 18.0 Å². The second-order valence-corrected chi connectivity index (χ2v) is 6.19. The number of nitrogens with one attached hydrogen (secondary N) is 2. The van der Waals surface area contributed by atoms with Gasteiger partial charge in [-0.05, 0) is 55.6 Å². The molecule has 0 saturated heterocycles. The van der Waals surface area contributed by atoms with Gasteiger partial charge in [0.1, 0.15) is 11.4 Å². The van der Waals surface area contributed by atoms with Gasteiger partial charge in [0.2, 0.25) is 0 Å². The van der Waals surface area contributed by atoms with Crippen LogP contribution in [-0.2, 0) is 0 Å². The van der Waals surface area contributed by atoms with E-state index in [0.29, 0.717) is 18.0 Å². The van der Waals surface area contributed by atoms with Crippen LogP contribution in [0, 0.1) is 0 Å². The normalized spacial score (nSPS) is 11.4. The van der Waals surface area contributed by atoms with Crippen molar-refractivity contribution < 1.29 is 9.53 Å². The molecule has 128 valence electrons. The van der Waals surface area contributed by atoms with Gasteiger partial charge >= 0.3 is 0 Å². The minimum Gasteiger partial charge on any atom is -0.494 e. The number of thiophene rings is 1. The Bertz CT molecular complexity index is 867. The topological polar surface area (TPSA) is 79.4 Å². The summed E-state index contributed by atoms with van der Waals surface area (Å²) in [5, 5.41) is 13.0. The predicted octanol–water partition coefficient (Wildman–Crippen LogP) is 3.69. The zero-order valence-electron chi connectivity index (χ0n) is 13.9. The number of H-pyrrole nitrogens is 1. The van der Waals surface area contributed by atoms with Crippen LogP contribution in [0.1, 0.15) is 29.2 Å². The number of carbonyl (C=O) groups excluding carboxylic acids is 1. The highest BCUT2D eigenvalue weighted by atomic mass is 32.1. The van der Waals surface area contributed by atoms with E-state index in [0.717, 1.165) is 21.9 Å². The summed E-state index contributed by atoms with van der Waals surface area (Å²) in [6.07, 6.45) is 0. The number of hydrogen-bond acceptors (Lipinski definition) is 5. The number of aromatic nitrogens is 2. The Labute approximate surface area is 149 Å². The summed E-state index contributed by atoms with van der Waals surface area (Å²) in [5.74, 6) is 0.471. The highest BCUT2D eigenvalue weighted by Crippen LogP contribution is 2.21. The Kier molecular flexibility index (Phi) is 5.25. The summed E-state index contributed by atoms with van der Waals surface area (Å²) in [6, 6.07) is 13.2. The third kappa shape index (κ3) is 4.13. The second kappa shape index (κ2) is 7.76.